The molecule has 6 heavy (non-hydrogen) atoms. The van der Waals surface area contributed by atoms with Gasteiger partial charge < -0.3 is 12.8 Å². The minimum absolute atomic E-state index is 0. The van der Waals surface area contributed by atoms with Crippen molar-refractivity contribution in [2.24, 2.45) is 0 Å². The Bertz CT molecular complexity index is 27.5. The van der Waals surface area contributed by atoms with Gasteiger partial charge in [0.1, 0.15) is 0 Å². The number of rotatable bonds is 0. The van der Waals surface area contributed by atoms with Crippen LogP contribution in [0.1, 0.15) is 2.85 Å². The summed E-state index contributed by atoms with van der Waals surface area (Å²) in [5.74, 6) is 0. The van der Waals surface area contributed by atoms with Crippen LogP contribution in [0, 0.1) is 0 Å². The molecule has 0 heterocycles. The molecule has 1 N–H and O–H groups in total. The van der Waals surface area contributed by atoms with Gasteiger partial charge in [-0.25, -0.2) is 0 Å². The topological polar surface area (TPSA) is 37.3 Å². The van der Waals surface area contributed by atoms with Crippen LogP contribution in [-0.4, -0.2) is 60.5 Å². The zero-order valence-corrected chi connectivity index (χ0v) is 14.9. The molecule has 0 saturated carbocycles. The number of aliphatic hydroxyl groups excluding tert-OH is 1. The molecule has 0 saturated heterocycles. The molecule has 0 bridgehead atoms. The molecule has 0 aliphatic heterocycles. The summed E-state index contributed by atoms with van der Waals surface area (Å²) in [5.41, 5.74) is 0. The molecule has 0 aromatic rings. The van der Waals surface area contributed by atoms with Crippen LogP contribution in [0.25, 0.3) is 0 Å². The minimum atomic E-state index is 0. The molecule has 2 nitrogen and oxygen atoms in total. The van der Waals surface area contributed by atoms with E-state index in [9.17, 15) is 0 Å². The summed E-state index contributed by atoms with van der Waals surface area (Å²) in [6.07, 6.45) is 0. The fourth-order valence-electron chi connectivity index (χ4n) is 0. The van der Waals surface area contributed by atoms with Gasteiger partial charge in [0, 0.05) is 46.8 Å². The Morgan fingerprint density at radius 2 is 1.67 bits per heavy atom. The van der Waals surface area contributed by atoms with E-state index in [1.54, 1.807) is 0 Å². The van der Waals surface area contributed by atoms with E-state index >= 15 is 0 Å². The van der Waals surface area contributed by atoms with E-state index in [0.717, 1.165) is 0 Å². The van der Waals surface area contributed by atoms with Crippen LogP contribution in [0.2, 0.25) is 0 Å². The largest absolute Gasteiger partial charge is 2.00 e. The summed E-state index contributed by atoms with van der Waals surface area (Å²) < 4.78 is 0. The summed E-state index contributed by atoms with van der Waals surface area (Å²) in [7, 11) is 0. The third kappa shape index (κ3) is 30.7. The van der Waals surface area contributed by atoms with Crippen molar-refractivity contribution in [3.63, 3.8) is 0 Å². The first-order valence-electron chi connectivity index (χ1n) is 0.428. The molecular formula is CH3BaCdO2Zn-. The average molecular weight is 362 g/mol. The fraction of sp³-hybridized carbons (Fsp3) is 0. The summed E-state index contributed by atoms with van der Waals surface area (Å²) in [5, 5.41) is 6.76. The Labute approximate surface area is 112 Å². The number of hydrogen-bond donors (Lipinski definition) is 1. The van der Waals surface area contributed by atoms with Gasteiger partial charge in [0.2, 0.25) is 0 Å². The van der Waals surface area contributed by atoms with Gasteiger partial charge in [-0.15, -0.1) is 0 Å². The van der Waals surface area contributed by atoms with Crippen LogP contribution in [0.4, 0.5) is 0 Å². The van der Waals surface area contributed by atoms with Gasteiger partial charge in [0.15, 0.2) is 0 Å². The third-order valence-electron chi connectivity index (χ3n) is 0. The SMILES string of the molecule is O=[C-]O.[Ba+2].[Cd].[H-].[H-].[Zn]. The molecule has 0 spiro atoms. The molecule has 0 aliphatic rings. The Morgan fingerprint density at radius 3 is 1.67 bits per heavy atom. The van der Waals surface area contributed by atoms with Gasteiger partial charge in [-0.05, 0) is 0 Å². The van der Waals surface area contributed by atoms with Crippen molar-refractivity contribution in [2.45, 2.75) is 0 Å². The second-order valence-electron chi connectivity index (χ2n) is 0.0913. The van der Waals surface area contributed by atoms with Crippen LogP contribution < -0.4 is 0 Å². The second-order valence-corrected chi connectivity index (χ2v) is 0.0913. The first kappa shape index (κ1) is 23.5. The van der Waals surface area contributed by atoms with Gasteiger partial charge in [-0.1, -0.05) is 6.47 Å². The van der Waals surface area contributed by atoms with Gasteiger partial charge in [0.25, 0.3) is 0 Å². The first-order valence-corrected chi connectivity index (χ1v) is 0.428. The van der Waals surface area contributed by atoms with Crippen molar-refractivity contribution in [3.05, 3.63) is 0 Å². The van der Waals surface area contributed by atoms with Gasteiger partial charge >= 0.3 is 48.9 Å². The standard InChI is InChI=1S/CHO2.Ba.Cd.Zn.2H/c2-1-3;;;;;/h(H,2,3);;;;;/q-1;+2;;;2*-1. The van der Waals surface area contributed by atoms with Crippen LogP contribution in [0.5, 0.6) is 0 Å². The molecule has 0 aromatic carbocycles. The summed E-state index contributed by atoms with van der Waals surface area (Å²) in [6.45, 7) is 0.500. The van der Waals surface area contributed by atoms with Crippen molar-refractivity contribution in [2.75, 3.05) is 0 Å². The fourth-order valence-corrected chi connectivity index (χ4v) is 0. The second kappa shape index (κ2) is 25.6. The van der Waals surface area contributed by atoms with Crippen LogP contribution in [0.3, 0.4) is 0 Å². The van der Waals surface area contributed by atoms with Crippen LogP contribution in [0.15, 0.2) is 0 Å². The summed E-state index contributed by atoms with van der Waals surface area (Å²) in [4.78, 5) is 8.24. The zero-order chi connectivity index (χ0) is 2.71. The molecule has 0 fully saturated rings. The van der Waals surface area contributed by atoms with E-state index in [0.29, 0.717) is 6.47 Å². The van der Waals surface area contributed by atoms with Gasteiger partial charge in [-0.2, -0.15) is 0 Å². The smallest absolute Gasteiger partial charge is 1.00 e. The Balaban J connectivity index is -0.00000000200. The predicted octanol–water partition coefficient (Wildman–Crippen LogP) is -0.549. The maximum absolute atomic E-state index is 8.24. The van der Waals surface area contributed by atoms with E-state index in [1.165, 1.54) is 0 Å². The molecule has 0 radical (unpaired) electrons. The summed E-state index contributed by atoms with van der Waals surface area (Å²) in [6, 6.07) is 0. The first-order chi connectivity index (χ1) is 1.41. The van der Waals surface area contributed by atoms with E-state index < -0.39 is 0 Å². The Kier molecular flexibility index (Phi) is 100. The van der Waals surface area contributed by atoms with Crippen LogP contribution >= 0.6 is 0 Å². The maximum Gasteiger partial charge on any atom is 2.00 e. The molecule has 0 aliphatic carbocycles. The average Bonchev–Trinajstić information content (AvgIpc) is 0.918. The van der Waals surface area contributed by atoms with Crippen LogP contribution in [-0.2, 0) is 51.6 Å². The van der Waals surface area contributed by atoms with E-state index in [1.807, 2.05) is 0 Å². The Morgan fingerprint density at radius 1 is 1.67 bits per heavy atom. The molecular weight excluding hydrogens is 359 g/mol. The number of hydrogen-bond acceptors (Lipinski definition) is 1. The summed E-state index contributed by atoms with van der Waals surface area (Å²) >= 11 is 0. The molecule has 0 aromatic heterocycles. The third-order valence-corrected chi connectivity index (χ3v) is 0. The van der Waals surface area contributed by atoms with Gasteiger partial charge in [0.05, 0.1) is 0 Å². The monoisotopic (exact) mass is 363 g/mol. The predicted molar refractivity (Wildman–Crippen MR) is 16.3 cm³/mol. The van der Waals surface area contributed by atoms with Crippen molar-refractivity contribution in [3.8, 4) is 0 Å². The van der Waals surface area contributed by atoms with E-state index in [-0.39, 0.29) is 98.5 Å². The molecule has 0 unspecified atom stereocenters. The van der Waals surface area contributed by atoms with Crippen molar-refractivity contribution >= 4 is 55.4 Å². The molecule has 0 atom stereocenters. The molecule has 0 amide bonds. The molecule has 26 valence electrons. The Hall–Kier alpha value is 2.59. The quantitative estimate of drug-likeness (QED) is 0.464. The molecule has 5 heteroatoms. The van der Waals surface area contributed by atoms with Crippen molar-refractivity contribution in [1.82, 2.24) is 0 Å². The van der Waals surface area contributed by atoms with Gasteiger partial charge in [-0.3, -0.25) is 0 Å². The molecule has 0 rings (SSSR count). The van der Waals surface area contributed by atoms with E-state index in [2.05, 4.69) is 0 Å². The minimum Gasteiger partial charge on any atom is -1.00 e. The van der Waals surface area contributed by atoms with Crippen molar-refractivity contribution in [1.29, 1.82) is 0 Å². The maximum atomic E-state index is 8.24. The normalized spacial score (nSPS) is 2.00. The van der Waals surface area contributed by atoms with E-state index in [4.69, 9.17) is 9.90 Å². The van der Waals surface area contributed by atoms with Crippen molar-refractivity contribution < 1.29 is 59.5 Å². The zero-order valence-electron chi connectivity index (χ0n) is 5.48.